The number of aryl methyl sites for hydroxylation is 1. The molecule has 0 unspecified atom stereocenters. The van der Waals surface area contributed by atoms with Crippen LogP contribution < -0.4 is 5.73 Å². The zero-order chi connectivity index (χ0) is 13.8. The lowest BCUT2D eigenvalue weighted by atomic mass is 10.2. The summed E-state index contributed by atoms with van der Waals surface area (Å²) in [6.45, 7) is 1.84. The molecule has 0 atom stereocenters. The number of benzene rings is 1. The smallest absolute Gasteiger partial charge is 0.341 e. The summed E-state index contributed by atoms with van der Waals surface area (Å²) in [7, 11) is 0. The molecule has 1 aromatic heterocycles. The second-order valence-electron chi connectivity index (χ2n) is 4.09. The number of ether oxygens (including phenoxy) is 1. The minimum atomic E-state index is -0.735. The van der Waals surface area contributed by atoms with Gasteiger partial charge in [-0.3, -0.25) is 4.98 Å². The first-order chi connectivity index (χ1) is 9.06. The molecule has 5 heteroatoms. The van der Waals surface area contributed by atoms with Crippen molar-refractivity contribution in [3.8, 4) is 0 Å². The molecule has 2 aromatic rings. The Balaban J connectivity index is 2.05. The van der Waals surface area contributed by atoms with Crippen molar-refractivity contribution in [3.05, 3.63) is 59.2 Å². The number of nitrogens with zero attached hydrogens (tertiary/aromatic N) is 1. The van der Waals surface area contributed by atoms with Gasteiger partial charge in [0.25, 0.3) is 0 Å². The number of aromatic nitrogens is 1. The van der Waals surface area contributed by atoms with Gasteiger partial charge >= 0.3 is 5.97 Å². The number of hydrogen-bond donors (Lipinski definition) is 1. The van der Waals surface area contributed by atoms with Crippen LogP contribution in [0.15, 0.2) is 36.4 Å². The Morgan fingerprint density at radius 3 is 2.84 bits per heavy atom. The first-order valence-corrected chi connectivity index (χ1v) is 5.71. The van der Waals surface area contributed by atoms with E-state index in [-0.39, 0.29) is 17.9 Å². The van der Waals surface area contributed by atoms with E-state index < -0.39 is 11.8 Å². The van der Waals surface area contributed by atoms with Crippen LogP contribution in [0.25, 0.3) is 0 Å². The van der Waals surface area contributed by atoms with Gasteiger partial charge in [0.05, 0.1) is 11.3 Å². The van der Waals surface area contributed by atoms with E-state index in [2.05, 4.69) is 4.98 Å². The van der Waals surface area contributed by atoms with Gasteiger partial charge in [-0.15, -0.1) is 0 Å². The molecule has 0 spiro atoms. The van der Waals surface area contributed by atoms with Crippen LogP contribution in [0.2, 0.25) is 0 Å². The number of carbonyl (C=O) groups excluding carboxylic acids is 1. The Labute approximate surface area is 110 Å². The Morgan fingerprint density at radius 2 is 2.16 bits per heavy atom. The van der Waals surface area contributed by atoms with E-state index in [1.165, 1.54) is 12.1 Å². The van der Waals surface area contributed by atoms with Gasteiger partial charge in [0.1, 0.15) is 12.4 Å². The Bertz CT molecular complexity index is 614. The standard InChI is InChI=1S/C14H13FN2O2/c1-9-3-2-4-11(17-9)8-19-14(18)12-6-5-10(16)7-13(12)15/h2-7H,8,16H2,1H3. The van der Waals surface area contributed by atoms with Gasteiger partial charge in [-0.1, -0.05) is 6.07 Å². The molecule has 0 radical (unpaired) electrons. The molecule has 0 saturated carbocycles. The van der Waals surface area contributed by atoms with Crippen LogP contribution in [0.3, 0.4) is 0 Å². The molecule has 0 fully saturated rings. The molecule has 2 rings (SSSR count). The van der Waals surface area contributed by atoms with E-state index >= 15 is 0 Å². The van der Waals surface area contributed by atoms with Crippen molar-refractivity contribution in [1.82, 2.24) is 4.98 Å². The maximum Gasteiger partial charge on any atom is 0.341 e. The van der Waals surface area contributed by atoms with Crippen LogP contribution in [-0.2, 0) is 11.3 Å². The lowest BCUT2D eigenvalue weighted by Crippen LogP contribution is -2.08. The molecule has 0 aliphatic rings. The zero-order valence-corrected chi connectivity index (χ0v) is 10.4. The van der Waals surface area contributed by atoms with Gasteiger partial charge in [-0.25, -0.2) is 9.18 Å². The van der Waals surface area contributed by atoms with Crippen molar-refractivity contribution in [2.75, 3.05) is 5.73 Å². The number of hydrogen-bond acceptors (Lipinski definition) is 4. The average Bonchev–Trinajstić information content (AvgIpc) is 2.36. The Hall–Kier alpha value is -2.43. The van der Waals surface area contributed by atoms with E-state index in [0.29, 0.717) is 5.69 Å². The molecule has 0 aliphatic heterocycles. The quantitative estimate of drug-likeness (QED) is 0.680. The van der Waals surface area contributed by atoms with Gasteiger partial charge in [-0.2, -0.15) is 0 Å². The lowest BCUT2D eigenvalue weighted by Gasteiger charge is -2.06. The third kappa shape index (κ3) is 3.28. The van der Waals surface area contributed by atoms with Gasteiger partial charge < -0.3 is 10.5 Å². The Kier molecular flexibility index (Phi) is 3.75. The number of pyridine rings is 1. The summed E-state index contributed by atoms with van der Waals surface area (Å²) in [5.74, 6) is -1.43. The number of nitrogens with two attached hydrogens (primary N) is 1. The van der Waals surface area contributed by atoms with Crippen molar-refractivity contribution in [1.29, 1.82) is 0 Å². The van der Waals surface area contributed by atoms with Gasteiger partial charge in [0.2, 0.25) is 0 Å². The molecular formula is C14H13FN2O2. The minimum Gasteiger partial charge on any atom is -0.456 e. The first-order valence-electron chi connectivity index (χ1n) is 5.71. The van der Waals surface area contributed by atoms with Gasteiger partial charge in [0, 0.05) is 11.4 Å². The second-order valence-corrected chi connectivity index (χ2v) is 4.09. The average molecular weight is 260 g/mol. The predicted octanol–water partition coefficient (Wildman–Crippen LogP) is 2.47. The number of halogens is 1. The molecule has 2 N–H and O–H groups in total. The molecule has 4 nitrogen and oxygen atoms in total. The highest BCUT2D eigenvalue weighted by atomic mass is 19.1. The van der Waals surface area contributed by atoms with Crippen molar-refractivity contribution < 1.29 is 13.9 Å². The maximum atomic E-state index is 13.5. The zero-order valence-electron chi connectivity index (χ0n) is 10.4. The van der Waals surface area contributed by atoms with Crippen LogP contribution in [0.5, 0.6) is 0 Å². The Morgan fingerprint density at radius 1 is 1.37 bits per heavy atom. The number of esters is 1. The molecule has 0 bridgehead atoms. The molecule has 98 valence electrons. The van der Waals surface area contributed by atoms with Crippen molar-refractivity contribution in [2.24, 2.45) is 0 Å². The fourth-order valence-electron chi connectivity index (χ4n) is 1.59. The molecule has 0 amide bonds. The van der Waals surface area contributed by atoms with Crippen LogP contribution in [0.1, 0.15) is 21.7 Å². The molecule has 0 aliphatic carbocycles. The lowest BCUT2D eigenvalue weighted by molar-refractivity contribution is 0.0462. The molecule has 1 aromatic carbocycles. The monoisotopic (exact) mass is 260 g/mol. The summed E-state index contributed by atoms with van der Waals surface area (Å²) in [6.07, 6.45) is 0. The van der Waals surface area contributed by atoms with Crippen LogP contribution in [0.4, 0.5) is 10.1 Å². The van der Waals surface area contributed by atoms with Crippen molar-refractivity contribution >= 4 is 11.7 Å². The maximum absolute atomic E-state index is 13.5. The summed E-state index contributed by atoms with van der Waals surface area (Å²) >= 11 is 0. The minimum absolute atomic E-state index is 0.00430. The molecule has 19 heavy (non-hydrogen) atoms. The second kappa shape index (κ2) is 5.48. The van der Waals surface area contributed by atoms with Gasteiger partial charge in [-0.05, 0) is 37.3 Å². The largest absolute Gasteiger partial charge is 0.456 e. The highest BCUT2D eigenvalue weighted by molar-refractivity contribution is 5.90. The third-order valence-corrected chi connectivity index (χ3v) is 2.51. The topological polar surface area (TPSA) is 65.2 Å². The molecular weight excluding hydrogens is 247 g/mol. The normalized spacial score (nSPS) is 10.2. The fourth-order valence-corrected chi connectivity index (χ4v) is 1.59. The highest BCUT2D eigenvalue weighted by Gasteiger charge is 2.13. The summed E-state index contributed by atoms with van der Waals surface area (Å²) in [5.41, 5.74) is 6.97. The van der Waals surface area contributed by atoms with E-state index in [4.69, 9.17) is 10.5 Å². The summed E-state index contributed by atoms with van der Waals surface area (Å²) < 4.78 is 18.5. The summed E-state index contributed by atoms with van der Waals surface area (Å²) in [4.78, 5) is 15.9. The predicted molar refractivity (Wildman–Crippen MR) is 68.9 cm³/mol. The van der Waals surface area contributed by atoms with Crippen molar-refractivity contribution in [2.45, 2.75) is 13.5 Å². The van der Waals surface area contributed by atoms with Gasteiger partial charge in [0.15, 0.2) is 0 Å². The van der Waals surface area contributed by atoms with Crippen LogP contribution >= 0.6 is 0 Å². The van der Waals surface area contributed by atoms with Crippen molar-refractivity contribution in [3.63, 3.8) is 0 Å². The van der Waals surface area contributed by atoms with Crippen LogP contribution in [-0.4, -0.2) is 11.0 Å². The number of rotatable bonds is 3. The number of carbonyl (C=O) groups is 1. The SMILES string of the molecule is Cc1cccc(COC(=O)c2ccc(N)cc2F)n1. The summed E-state index contributed by atoms with van der Waals surface area (Å²) in [6, 6.07) is 9.22. The number of nitrogen functional groups attached to an aromatic ring is 1. The molecule has 0 saturated heterocycles. The molecule has 1 heterocycles. The van der Waals surface area contributed by atoms with E-state index in [1.54, 1.807) is 6.07 Å². The van der Waals surface area contributed by atoms with E-state index in [1.807, 2.05) is 19.1 Å². The summed E-state index contributed by atoms with van der Waals surface area (Å²) in [5, 5.41) is 0. The van der Waals surface area contributed by atoms with E-state index in [0.717, 1.165) is 11.8 Å². The fraction of sp³-hybridized carbons (Fsp3) is 0.143. The third-order valence-electron chi connectivity index (χ3n) is 2.51. The number of anilines is 1. The first kappa shape index (κ1) is 13.0. The van der Waals surface area contributed by atoms with E-state index in [9.17, 15) is 9.18 Å². The highest BCUT2D eigenvalue weighted by Crippen LogP contribution is 2.13. The van der Waals surface area contributed by atoms with Crippen LogP contribution in [0, 0.1) is 12.7 Å².